The van der Waals surface area contributed by atoms with Crippen molar-refractivity contribution in [3.05, 3.63) is 35.6 Å². The molecule has 2 heterocycles. The normalized spacial score (nSPS) is 10.5. The van der Waals surface area contributed by atoms with Crippen molar-refractivity contribution in [1.82, 2.24) is 20.3 Å². The van der Waals surface area contributed by atoms with E-state index in [0.717, 1.165) is 5.69 Å². The Bertz CT molecular complexity index is 502. The van der Waals surface area contributed by atoms with Crippen molar-refractivity contribution >= 4 is 5.91 Å². The van der Waals surface area contributed by atoms with E-state index in [1.54, 1.807) is 26.4 Å². The van der Waals surface area contributed by atoms with E-state index in [9.17, 15) is 4.79 Å². The Hall–Kier alpha value is -2.11. The Kier molecular flexibility index (Phi) is 3.22. The summed E-state index contributed by atoms with van der Waals surface area (Å²) < 4.78 is 5.22. The molecule has 0 spiro atoms. The molecule has 1 amide bonds. The molecule has 6 nitrogen and oxygen atoms in total. The monoisotopic (exact) mass is 234 g/mol. The van der Waals surface area contributed by atoms with Crippen molar-refractivity contribution in [1.29, 1.82) is 0 Å². The predicted octanol–water partition coefficient (Wildman–Crippen LogP) is 0.987. The fourth-order valence-corrected chi connectivity index (χ4v) is 1.55. The molecule has 0 radical (unpaired) electrons. The van der Waals surface area contributed by atoms with E-state index in [-0.39, 0.29) is 11.7 Å². The van der Waals surface area contributed by atoms with Crippen molar-refractivity contribution in [2.45, 2.75) is 20.3 Å². The lowest BCUT2D eigenvalue weighted by molar-refractivity contribution is 0.0924. The quantitative estimate of drug-likeness (QED) is 0.826. The van der Waals surface area contributed by atoms with Crippen LogP contribution < -0.4 is 5.32 Å². The minimum absolute atomic E-state index is 0.234. The molecule has 0 atom stereocenters. The highest BCUT2D eigenvalue weighted by molar-refractivity contribution is 5.92. The average molecular weight is 234 g/mol. The Labute approximate surface area is 98.5 Å². The summed E-state index contributed by atoms with van der Waals surface area (Å²) in [6, 6.07) is 0. The van der Waals surface area contributed by atoms with Crippen molar-refractivity contribution in [2.75, 3.05) is 6.54 Å². The average Bonchev–Trinajstić information content (AvgIpc) is 2.88. The van der Waals surface area contributed by atoms with E-state index in [2.05, 4.69) is 20.3 Å². The van der Waals surface area contributed by atoms with E-state index >= 15 is 0 Å². The fraction of sp³-hybridized carbons (Fsp3) is 0.364. The number of nitrogens with zero attached hydrogens (tertiary/aromatic N) is 2. The summed E-state index contributed by atoms with van der Waals surface area (Å²) in [6.07, 6.45) is 4.05. The van der Waals surface area contributed by atoms with Gasteiger partial charge < -0.3 is 14.7 Å². The van der Waals surface area contributed by atoms with Crippen LogP contribution in [0.4, 0.5) is 0 Å². The lowest BCUT2D eigenvalue weighted by Crippen LogP contribution is -2.26. The van der Waals surface area contributed by atoms with E-state index in [1.807, 2.05) is 0 Å². The molecule has 6 heteroatoms. The molecule has 0 unspecified atom stereocenters. The summed E-state index contributed by atoms with van der Waals surface area (Å²) in [7, 11) is 0. The number of aryl methyl sites for hydroxylation is 2. The summed E-state index contributed by atoms with van der Waals surface area (Å²) in [5.41, 5.74) is 1.59. The van der Waals surface area contributed by atoms with Crippen LogP contribution in [0, 0.1) is 13.8 Å². The number of H-pyrrole nitrogens is 1. The molecule has 0 saturated carbocycles. The Morgan fingerprint density at radius 3 is 2.94 bits per heavy atom. The minimum Gasteiger partial charge on any atom is -0.436 e. The van der Waals surface area contributed by atoms with Gasteiger partial charge in [0.1, 0.15) is 0 Å². The van der Waals surface area contributed by atoms with Crippen LogP contribution in [0.3, 0.4) is 0 Å². The molecular formula is C11H14N4O2. The van der Waals surface area contributed by atoms with Gasteiger partial charge in [0.05, 0.1) is 12.0 Å². The lowest BCUT2D eigenvalue weighted by Gasteiger charge is -2.01. The number of hydrogen-bond donors (Lipinski definition) is 2. The second-order valence-electron chi connectivity index (χ2n) is 3.73. The van der Waals surface area contributed by atoms with E-state index < -0.39 is 0 Å². The van der Waals surface area contributed by atoms with Gasteiger partial charge in [0, 0.05) is 31.8 Å². The van der Waals surface area contributed by atoms with E-state index in [0.29, 0.717) is 24.6 Å². The maximum Gasteiger partial charge on any atom is 0.289 e. The third-order valence-electron chi connectivity index (χ3n) is 2.34. The van der Waals surface area contributed by atoms with Gasteiger partial charge in [-0.05, 0) is 6.92 Å². The Morgan fingerprint density at radius 1 is 1.53 bits per heavy atom. The van der Waals surface area contributed by atoms with Gasteiger partial charge in [-0.2, -0.15) is 0 Å². The molecule has 2 aromatic heterocycles. The maximum absolute atomic E-state index is 11.7. The first-order chi connectivity index (χ1) is 8.16. The zero-order valence-corrected chi connectivity index (χ0v) is 9.78. The Morgan fingerprint density at radius 2 is 2.35 bits per heavy atom. The van der Waals surface area contributed by atoms with Crippen LogP contribution in [-0.4, -0.2) is 27.4 Å². The molecule has 0 aliphatic carbocycles. The number of rotatable bonds is 4. The highest BCUT2D eigenvalue weighted by Crippen LogP contribution is 2.08. The van der Waals surface area contributed by atoms with Crippen molar-refractivity contribution in [3.63, 3.8) is 0 Å². The SMILES string of the molecule is Cc1nc(C)c(C(=O)NCCc2cnc[nH]2)o1. The van der Waals surface area contributed by atoms with Crippen molar-refractivity contribution in [3.8, 4) is 0 Å². The van der Waals surface area contributed by atoms with Crippen LogP contribution in [-0.2, 0) is 6.42 Å². The number of imidazole rings is 1. The first-order valence-electron chi connectivity index (χ1n) is 5.36. The van der Waals surface area contributed by atoms with Gasteiger partial charge in [0.25, 0.3) is 5.91 Å². The number of aromatic amines is 1. The Balaban J connectivity index is 1.87. The highest BCUT2D eigenvalue weighted by atomic mass is 16.4. The summed E-state index contributed by atoms with van der Waals surface area (Å²) >= 11 is 0. The summed E-state index contributed by atoms with van der Waals surface area (Å²) in [5.74, 6) is 0.552. The van der Waals surface area contributed by atoms with E-state index in [1.165, 1.54) is 0 Å². The first kappa shape index (κ1) is 11.4. The van der Waals surface area contributed by atoms with Crippen LogP contribution in [0.5, 0.6) is 0 Å². The van der Waals surface area contributed by atoms with Crippen LogP contribution in [0.2, 0.25) is 0 Å². The molecule has 2 N–H and O–H groups in total. The van der Waals surface area contributed by atoms with Gasteiger partial charge in [-0.15, -0.1) is 0 Å². The highest BCUT2D eigenvalue weighted by Gasteiger charge is 2.14. The first-order valence-corrected chi connectivity index (χ1v) is 5.36. The number of aromatic nitrogens is 3. The van der Waals surface area contributed by atoms with Crippen LogP contribution in [0.25, 0.3) is 0 Å². The maximum atomic E-state index is 11.7. The topological polar surface area (TPSA) is 83.8 Å². The van der Waals surface area contributed by atoms with Gasteiger partial charge >= 0.3 is 0 Å². The molecule has 0 fully saturated rings. The largest absolute Gasteiger partial charge is 0.436 e. The second kappa shape index (κ2) is 4.82. The van der Waals surface area contributed by atoms with Crippen LogP contribution >= 0.6 is 0 Å². The lowest BCUT2D eigenvalue weighted by atomic mass is 10.3. The molecule has 0 aromatic carbocycles. The summed E-state index contributed by atoms with van der Waals surface area (Å²) in [4.78, 5) is 22.6. The standard InChI is InChI=1S/C11H14N4O2/c1-7-10(17-8(2)15-7)11(16)13-4-3-9-5-12-6-14-9/h5-6H,3-4H2,1-2H3,(H,12,14)(H,13,16). The number of hydrogen-bond acceptors (Lipinski definition) is 4. The van der Waals surface area contributed by atoms with Crippen molar-refractivity contribution in [2.24, 2.45) is 0 Å². The zero-order chi connectivity index (χ0) is 12.3. The molecule has 17 heavy (non-hydrogen) atoms. The molecule has 0 aliphatic rings. The second-order valence-corrected chi connectivity index (χ2v) is 3.73. The molecule has 2 rings (SSSR count). The van der Waals surface area contributed by atoms with Crippen molar-refractivity contribution < 1.29 is 9.21 Å². The molecule has 0 saturated heterocycles. The molecule has 0 aliphatic heterocycles. The predicted molar refractivity (Wildman–Crippen MR) is 60.6 cm³/mol. The third-order valence-corrected chi connectivity index (χ3v) is 2.34. The number of oxazole rings is 1. The molecule has 90 valence electrons. The molecule has 2 aromatic rings. The van der Waals surface area contributed by atoms with Gasteiger partial charge in [-0.1, -0.05) is 0 Å². The number of carbonyl (C=O) groups excluding carboxylic acids is 1. The summed E-state index contributed by atoms with van der Waals surface area (Å²) in [5, 5.41) is 2.77. The van der Waals surface area contributed by atoms with E-state index in [4.69, 9.17) is 4.42 Å². The molecular weight excluding hydrogens is 220 g/mol. The number of nitrogens with one attached hydrogen (secondary N) is 2. The van der Waals surface area contributed by atoms with Gasteiger partial charge in [-0.25, -0.2) is 9.97 Å². The fourth-order valence-electron chi connectivity index (χ4n) is 1.55. The van der Waals surface area contributed by atoms with Gasteiger partial charge in [0.15, 0.2) is 5.89 Å². The number of amides is 1. The molecule has 0 bridgehead atoms. The zero-order valence-electron chi connectivity index (χ0n) is 9.78. The smallest absolute Gasteiger partial charge is 0.289 e. The third kappa shape index (κ3) is 2.72. The van der Waals surface area contributed by atoms with Crippen LogP contribution in [0.1, 0.15) is 27.8 Å². The van der Waals surface area contributed by atoms with Gasteiger partial charge in [0.2, 0.25) is 5.76 Å². The van der Waals surface area contributed by atoms with Crippen LogP contribution in [0.15, 0.2) is 16.9 Å². The summed E-state index contributed by atoms with van der Waals surface area (Å²) in [6.45, 7) is 3.99. The van der Waals surface area contributed by atoms with Gasteiger partial charge in [-0.3, -0.25) is 4.79 Å². The minimum atomic E-state index is -0.234. The number of carbonyl (C=O) groups is 1.